The van der Waals surface area contributed by atoms with Gasteiger partial charge in [0.1, 0.15) is 5.82 Å². The van der Waals surface area contributed by atoms with E-state index >= 15 is 0 Å². The molecule has 0 radical (unpaired) electrons. The fourth-order valence-electron chi connectivity index (χ4n) is 3.12. The van der Waals surface area contributed by atoms with Gasteiger partial charge in [0.15, 0.2) is 0 Å². The fourth-order valence-corrected chi connectivity index (χ4v) is 3.12. The molecular weight excluding hydrogens is 359 g/mol. The number of aliphatic imine (C=N–C) groups is 1. The normalized spacial score (nSPS) is 20.7. The summed E-state index contributed by atoms with van der Waals surface area (Å²) in [6.45, 7) is 6.23. The average molecular weight is 384 g/mol. The van der Waals surface area contributed by atoms with Crippen molar-refractivity contribution < 1.29 is 19.0 Å². The number of aromatic nitrogens is 2. The molecule has 2 heterocycles. The number of carbonyl (C=O) groups excluding carboxylic acids is 2. The fraction of sp³-hybridized carbons (Fsp3) is 0.526. The van der Waals surface area contributed by atoms with Crippen molar-refractivity contribution >= 4 is 25.1 Å². The minimum absolute atomic E-state index is 0.0252. The summed E-state index contributed by atoms with van der Waals surface area (Å²) < 4.78 is 15.5. The molecule has 1 amide bonds. The van der Waals surface area contributed by atoms with Crippen LogP contribution >= 0.6 is 0 Å². The third-order valence-electron chi connectivity index (χ3n) is 4.58. The number of ether oxygens (including phenoxy) is 1. The van der Waals surface area contributed by atoms with Crippen molar-refractivity contribution in [2.75, 3.05) is 13.2 Å². The summed E-state index contributed by atoms with van der Waals surface area (Å²) in [6.07, 6.45) is 9.02. The number of allylic oxidation sites excluding steroid dienone is 1. The molecule has 1 fully saturated rings. The third-order valence-corrected chi connectivity index (χ3v) is 4.58. The Labute approximate surface area is 165 Å². The first-order chi connectivity index (χ1) is 13.5. The molecule has 28 heavy (non-hydrogen) atoms. The molecule has 0 aliphatic carbocycles. The van der Waals surface area contributed by atoms with Gasteiger partial charge in [0.2, 0.25) is 0 Å². The number of hydrogen-bond acceptors (Lipinski definition) is 7. The van der Waals surface area contributed by atoms with Crippen molar-refractivity contribution in [2.24, 2.45) is 4.99 Å². The van der Waals surface area contributed by atoms with Gasteiger partial charge in [0, 0.05) is 0 Å². The Morgan fingerprint density at radius 3 is 2.82 bits per heavy atom. The van der Waals surface area contributed by atoms with E-state index in [2.05, 4.69) is 15.0 Å². The van der Waals surface area contributed by atoms with E-state index in [0.717, 1.165) is 11.7 Å². The number of aryl methyl sites for hydroxylation is 1. The molecule has 3 unspecified atom stereocenters. The summed E-state index contributed by atoms with van der Waals surface area (Å²) in [5.74, 6) is 0.0139. The first-order valence-electron chi connectivity index (χ1n) is 9.34. The predicted octanol–water partition coefficient (Wildman–Crippen LogP) is 1.45. The first-order valence-corrected chi connectivity index (χ1v) is 9.34. The van der Waals surface area contributed by atoms with Crippen LogP contribution in [0.4, 0.5) is 0 Å². The van der Waals surface area contributed by atoms with E-state index in [9.17, 15) is 14.3 Å². The molecule has 1 aliphatic heterocycles. The molecule has 0 saturated carbocycles. The summed E-state index contributed by atoms with van der Waals surface area (Å²) in [5, 5.41) is 0. The van der Waals surface area contributed by atoms with Gasteiger partial charge in [-0.05, 0) is 13.8 Å². The number of carbonyl (C=O) groups is 2. The van der Waals surface area contributed by atoms with Gasteiger partial charge in [-0.3, -0.25) is 0 Å². The predicted molar refractivity (Wildman–Crippen MR) is 104 cm³/mol. The van der Waals surface area contributed by atoms with E-state index < -0.39 is 6.04 Å². The Bertz CT molecular complexity index is 751. The molecule has 2 rings (SSSR count). The number of amides is 1. The van der Waals surface area contributed by atoms with E-state index in [0.29, 0.717) is 32.5 Å². The topological polar surface area (TPSA) is 102 Å². The van der Waals surface area contributed by atoms with Gasteiger partial charge in [0.05, 0.1) is 6.61 Å². The van der Waals surface area contributed by atoms with E-state index in [4.69, 9.17) is 4.74 Å². The van der Waals surface area contributed by atoms with Crippen LogP contribution in [0.1, 0.15) is 44.0 Å². The SMILES string of the molecule is CCOC(=O)CC(/C=C/CN1C(=O)C(N=CB=O)CC1C)c1cnc(C)nc1. The molecule has 0 spiro atoms. The van der Waals surface area contributed by atoms with Crippen molar-refractivity contribution in [1.82, 2.24) is 14.9 Å². The zero-order chi connectivity index (χ0) is 20.5. The van der Waals surface area contributed by atoms with Gasteiger partial charge in [-0.15, -0.1) is 0 Å². The van der Waals surface area contributed by atoms with Crippen molar-refractivity contribution in [2.45, 2.75) is 51.6 Å². The number of rotatable bonds is 9. The van der Waals surface area contributed by atoms with Crippen molar-refractivity contribution in [3.05, 3.63) is 35.9 Å². The van der Waals surface area contributed by atoms with Crippen LogP contribution in [0.3, 0.4) is 0 Å². The van der Waals surface area contributed by atoms with Crippen LogP contribution in [-0.4, -0.2) is 65.2 Å². The van der Waals surface area contributed by atoms with Crippen molar-refractivity contribution in [1.29, 1.82) is 0 Å². The molecular formula is C19H25BN4O4. The summed E-state index contributed by atoms with van der Waals surface area (Å²) in [4.78, 5) is 38.5. The molecule has 1 aromatic rings. The van der Waals surface area contributed by atoms with Gasteiger partial charge in [-0.1, -0.05) is 0 Å². The van der Waals surface area contributed by atoms with Gasteiger partial charge in [-0.25, -0.2) is 0 Å². The van der Waals surface area contributed by atoms with Gasteiger partial charge >= 0.3 is 138 Å². The van der Waals surface area contributed by atoms with Gasteiger partial charge in [0.25, 0.3) is 0 Å². The molecule has 148 valence electrons. The number of hydrogen-bond donors (Lipinski definition) is 0. The molecule has 1 aromatic heterocycles. The van der Waals surface area contributed by atoms with E-state index in [1.54, 1.807) is 31.1 Å². The van der Waals surface area contributed by atoms with Gasteiger partial charge < -0.3 is 0 Å². The third kappa shape index (κ3) is 5.90. The summed E-state index contributed by atoms with van der Waals surface area (Å²) in [5.41, 5.74) is 0.809. The minimum atomic E-state index is -0.505. The number of likely N-dealkylation sites (tertiary alicyclic amines) is 1. The van der Waals surface area contributed by atoms with Crippen LogP contribution in [0.25, 0.3) is 0 Å². The Morgan fingerprint density at radius 2 is 2.18 bits per heavy atom. The monoisotopic (exact) mass is 384 g/mol. The summed E-state index contributed by atoms with van der Waals surface area (Å²) in [7, 11) is 0.574. The van der Waals surface area contributed by atoms with Gasteiger partial charge in [-0.2, -0.15) is 0 Å². The number of nitrogens with zero attached hydrogens (tertiary/aromatic N) is 4. The Balaban J connectivity index is 2.08. The van der Waals surface area contributed by atoms with Crippen LogP contribution in [0, 0.1) is 6.92 Å². The average Bonchev–Trinajstić information content (AvgIpc) is 2.93. The van der Waals surface area contributed by atoms with Crippen LogP contribution in [0.5, 0.6) is 0 Å². The summed E-state index contributed by atoms with van der Waals surface area (Å²) in [6, 6.07) is -0.480. The molecule has 8 nitrogen and oxygen atoms in total. The Morgan fingerprint density at radius 1 is 1.46 bits per heavy atom. The Hall–Kier alpha value is -2.71. The molecule has 0 bridgehead atoms. The van der Waals surface area contributed by atoms with E-state index in [-0.39, 0.29) is 30.3 Å². The number of esters is 1. The summed E-state index contributed by atoms with van der Waals surface area (Å²) >= 11 is 0. The molecule has 0 N–H and O–H groups in total. The van der Waals surface area contributed by atoms with Crippen molar-refractivity contribution in [3.63, 3.8) is 0 Å². The molecule has 3 atom stereocenters. The van der Waals surface area contributed by atoms with E-state index in [1.807, 2.05) is 19.1 Å². The second kappa shape index (κ2) is 10.6. The van der Waals surface area contributed by atoms with E-state index in [1.165, 1.54) is 0 Å². The van der Waals surface area contributed by atoms with Crippen molar-refractivity contribution in [3.8, 4) is 0 Å². The van der Waals surface area contributed by atoms with Crippen LogP contribution in [0.2, 0.25) is 0 Å². The van der Waals surface area contributed by atoms with Crippen LogP contribution < -0.4 is 0 Å². The van der Waals surface area contributed by atoms with Crippen LogP contribution in [-0.2, 0) is 19.0 Å². The first kappa shape index (κ1) is 21.6. The quantitative estimate of drug-likeness (QED) is 0.276. The second-order valence-corrected chi connectivity index (χ2v) is 6.63. The van der Waals surface area contributed by atoms with Crippen LogP contribution in [0.15, 0.2) is 29.5 Å². The maximum atomic E-state index is 12.4. The Kier molecular flexibility index (Phi) is 8.16. The molecule has 1 saturated heterocycles. The molecule has 9 heteroatoms. The second-order valence-electron chi connectivity index (χ2n) is 6.63. The maximum absolute atomic E-state index is 12.4. The molecule has 1 aliphatic rings. The standard InChI is InChI=1S/C19H25BN4O4/c1-4-28-18(25)9-15(16-10-21-14(3)22-11-16)6-5-7-24-13(2)8-17(19(24)26)23-12-20-27/h5-6,10-13,15,17H,4,7-9H2,1-3H3/b6-5+,23-12?. The zero-order valence-corrected chi connectivity index (χ0v) is 16.4. The molecule has 0 aromatic carbocycles. The zero-order valence-electron chi connectivity index (χ0n) is 16.4.